The number of nitrogens with zero attached hydrogens (tertiary/aromatic N) is 1. The Balaban J connectivity index is 2.91. The quantitative estimate of drug-likeness (QED) is 0.441. The topological polar surface area (TPSA) is 82.6 Å². The van der Waals surface area contributed by atoms with Gasteiger partial charge in [-0.2, -0.15) is 0 Å². The summed E-state index contributed by atoms with van der Waals surface area (Å²) in [6.07, 6.45) is 0. The van der Waals surface area contributed by atoms with Crippen molar-refractivity contribution in [2.75, 3.05) is 13.2 Å². The highest BCUT2D eigenvalue weighted by Crippen LogP contribution is 2.03. The molecule has 0 fully saturated rings. The van der Waals surface area contributed by atoms with Gasteiger partial charge in [-0.25, -0.2) is 14.6 Å². The lowest BCUT2D eigenvalue weighted by Crippen LogP contribution is -2.20. The zero-order chi connectivity index (χ0) is 13.5. The molecule has 0 unspecified atom stereocenters. The normalized spacial score (nSPS) is 9.67. The fourth-order valence-corrected chi connectivity index (χ4v) is 1.18. The molecule has 0 spiro atoms. The van der Waals surface area contributed by atoms with Crippen LogP contribution < -0.4 is 0 Å². The summed E-state index contributed by atoms with van der Waals surface area (Å²) in [4.78, 5) is 38.0. The minimum absolute atomic E-state index is 0.0213. The number of carbonyl (C=O) groups excluding carboxylic acids is 3. The number of aromatic nitrogens is 1. The molecule has 1 rings (SSSR count). The van der Waals surface area contributed by atoms with Gasteiger partial charge in [0.05, 0.1) is 13.2 Å². The molecule has 1 aromatic heterocycles. The van der Waals surface area contributed by atoms with Crippen LogP contribution >= 0.6 is 0 Å². The minimum atomic E-state index is -0.994. The monoisotopic (exact) mass is 251 g/mol. The summed E-state index contributed by atoms with van der Waals surface area (Å²) in [7, 11) is 0. The van der Waals surface area contributed by atoms with E-state index in [2.05, 4.69) is 9.72 Å². The molecule has 6 nitrogen and oxygen atoms in total. The highest BCUT2D eigenvalue weighted by atomic mass is 16.5. The fourth-order valence-electron chi connectivity index (χ4n) is 1.18. The first-order valence-corrected chi connectivity index (χ1v) is 5.45. The number of ketones is 1. The molecule has 0 aromatic carbocycles. The average Bonchev–Trinajstić information content (AvgIpc) is 2.38. The summed E-state index contributed by atoms with van der Waals surface area (Å²) < 4.78 is 9.30. The standard InChI is InChI=1S/C12H13NO5/c1-3-17-11(15)9-7-5-6-8(13-9)10(14)12(16)18-4-2/h5-7H,3-4H2,1-2H3. The number of esters is 2. The van der Waals surface area contributed by atoms with Gasteiger partial charge in [-0.15, -0.1) is 0 Å². The number of pyridine rings is 1. The van der Waals surface area contributed by atoms with Crippen LogP contribution in [0.3, 0.4) is 0 Å². The largest absolute Gasteiger partial charge is 0.461 e. The maximum Gasteiger partial charge on any atom is 0.381 e. The molecular formula is C12H13NO5. The second-order valence-electron chi connectivity index (χ2n) is 3.18. The van der Waals surface area contributed by atoms with Gasteiger partial charge < -0.3 is 9.47 Å². The number of hydrogen-bond acceptors (Lipinski definition) is 6. The summed E-state index contributed by atoms with van der Waals surface area (Å²) >= 11 is 0. The maximum atomic E-state index is 11.6. The Hall–Kier alpha value is -2.24. The van der Waals surface area contributed by atoms with E-state index >= 15 is 0 Å². The van der Waals surface area contributed by atoms with Gasteiger partial charge in [0, 0.05) is 0 Å². The van der Waals surface area contributed by atoms with Crippen LogP contribution in [0.25, 0.3) is 0 Å². The molecule has 0 aliphatic rings. The predicted octanol–water partition coefficient (Wildman–Crippen LogP) is 1.00. The van der Waals surface area contributed by atoms with Crippen molar-refractivity contribution >= 4 is 17.7 Å². The molecule has 0 bridgehead atoms. The van der Waals surface area contributed by atoms with Crippen LogP contribution in [-0.2, 0) is 14.3 Å². The van der Waals surface area contributed by atoms with Crippen LogP contribution in [0.2, 0.25) is 0 Å². The van der Waals surface area contributed by atoms with Crippen LogP contribution in [0.5, 0.6) is 0 Å². The molecule has 0 aliphatic heterocycles. The zero-order valence-corrected chi connectivity index (χ0v) is 10.1. The Labute approximate surface area is 104 Å². The van der Waals surface area contributed by atoms with E-state index in [1.165, 1.54) is 18.2 Å². The van der Waals surface area contributed by atoms with Crippen LogP contribution in [-0.4, -0.2) is 35.9 Å². The fraction of sp³-hybridized carbons (Fsp3) is 0.333. The smallest absolute Gasteiger partial charge is 0.381 e. The Morgan fingerprint density at radius 1 is 1.06 bits per heavy atom. The molecule has 18 heavy (non-hydrogen) atoms. The van der Waals surface area contributed by atoms with Crippen LogP contribution in [0.1, 0.15) is 34.8 Å². The van der Waals surface area contributed by atoms with E-state index in [9.17, 15) is 14.4 Å². The lowest BCUT2D eigenvalue weighted by Gasteiger charge is -2.03. The first-order valence-electron chi connectivity index (χ1n) is 5.45. The Kier molecular flexibility index (Phi) is 4.98. The number of Topliss-reactive ketones (excluding diaryl/α,β-unsaturated/α-hetero) is 1. The molecule has 6 heteroatoms. The van der Waals surface area contributed by atoms with Crippen molar-refractivity contribution in [3.63, 3.8) is 0 Å². The van der Waals surface area contributed by atoms with Gasteiger partial charge >= 0.3 is 11.9 Å². The third kappa shape index (κ3) is 3.38. The van der Waals surface area contributed by atoms with Gasteiger partial charge in [-0.05, 0) is 26.0 Å². The second kappa shape index (κ2) is 6.48. The molecule has 0 atom stereocenters. The highest BCUT2D eigenvalue weighted by molar-refractivity contribution is 6.40. The number of ether oxygens (including phenoxy) is 2. The number of hydrogen-bond donors (Lipinski definition) is 0. The SMILES string of the molecule is CCOC(=O)C(=O)c1cccc(C(=O)OCC)n1. The molecular weight excluding hydrogens is 238 g/mol. The molecule has 1 aromatic rings. The van der Waals surface area contributed by atoms with Crippen molar-refractivity contribution in [3.8, 4) is 0 Å². The Morgan fingerprint density at radius 3 is 2.28 bits per heavy atom. The van der Waals surface area contributed by atoms with E-state index in [4.69, 9.17) is 4.74 Å². The average molecular weight is 251 g/mol. The van der Waals surface area contributed by atoms with E-state index < -0.39 is 17.7 Å². The molecule has 0 saturated carbocycles. The molecule has 96 valence electrons. The van der Waals surface area contributed by atoms with E-state index in [0.717, 1.165) is 0 Å². The van der Waals surface area contributed by atoms with Crippen molar-refractivity contribution in [2.24, 2.45) is 0 Å². The molecule has 0 aliphatic carbocycles. The van der Waals surface area contributed by atoms with Crippen molar-refractivity contribution in [3.05, 3.63) is 29.6 Å². The maximum absolute atomic E-state index is 11.6. The molecule has 0 N–H and O–H groups in total. The number of rotatable bonds is 5. The minimum Gasteiger partial charge on any atom is -0.461 e. The molecule has 0 saturated heterocycles. The van der Waals surface area contributed by atoms with Gasteiger partial charge in [0.15, 0.2) is 0 Å². The number of carbonyl (C=O) groups is 3. The lowest BCUT2D eigenvalue weighted by molar-refractivity contribution is -0.137. The summed E-state index contributed by atoms with van der Waals surface area (Å²) in [5.41, 5.74) is -0.161. The molecule has 1 heterocycles. The van der Waals surface area contributed by atoms with Gasteiger partial charge in [0.2, 0.25) is 0 Å². The van der Waals surface area contributed by atoms with Gasteiger partial charge in [-0.1, -0.05) is 6.07 Å². The van der Waals surface area contributed by atoms with Gasteiger partial charge in [0.25, 0.3) is 5.78 Å². The summed E-state index contributed by atoms with van der Waals surface area (Å²) in [5.74, 6) is -2.52. The van der Waals surface area contributed by atoms with E-state index in [-0.39, 0.29) is 24.6 Å². The van der Waals surface area contributed by atoms with Crippen molar-refractivity contribution in [1.29, 1.82) is 0 Å². The summed E-state index contributed by atoms with van der Waals surface area (Å²) in [6.45, 7) is 3.55. The van der Waals surface area contributed by atoms with Gasteiger partial charge in [0.1, 0.15) is 11.4 Å². The second-order valence-corrected chi connectivity index (χ2v) is 3.18. The first-order chi connectivity index (χ1) is 8.60. The predicted molar refractivity (Wildman–Crippen MR) is 61.2 cm³/mol. The third-order valence-electron chi connectivity index (χ3n) is 1.93. The summed E-state index contributed by atoms with van der Waals surface area (Å²) in [5, 5.41) is 0. The van der Waals surface area contributed by atoms with E-state index in [1.54, 1.807) is 13.8 Å². The zero-order valence-electron chi connectivity index (χ0n) is 10.1. The summed E-state index contributed by atoms with van der Waals surface area (Å²) in [6, 6.07) is 4.19. The van der Waals surface area contributed by atoms with Crippen molar-refractivity contribution < 1.29 is 23.9 Å². The molecule has 0 radical (unpaired) electrons. The molecule has 0 amide bonds. The highest BCUT2D eigenvalue weighted by Gasteiger charge is 2.20. The van der Waals surface area contributed by atoms with E-state index in [1.807, 2.05) is 0 Å². The third-order valence-corrected chi connectivity index (χ3v) is 1.93. The van der Waals surface area contributed by atoms with Crippen molar-refractivity contribution in [1.82, 2.24) is 4.98 Å². The van der Waals surface area contributed by atoms with E-state index in [0.29, 0.717) is 0 Å². The van der Waals surface area contributed by atoms with Crippen LogP contribution in [0, 0.1) is 0 Å². The Bertz CT molecular complexity index is 469. The van der Waals surface area contributed by atoms with Crippen molar-refractivity contribution in [2.45, 2.75) is 13.8 Å². The lowest BCUT2D eigenvalue weighted by atomic mass is 10.2. The van der Waals surface area contributed by atoms with Crippen LogP contribution in [0.15, 0.2) is 18.2 Å². The van der Waals surface area contributed by atoms with Gasteiger partial charge in [-0.3, -0.25) is 4.79 Å². The van der Waals surface area contributed by atoms with Crippen LogP contribution in [0.4, 0.5) is 0 Å². The first kappa shape index (κ1) is 13.8. The Morgan fingerprint density at radius 2 is 1.67 bits per heavy atom.